The van der Waals surface area contributed by atoms with Gasteiger partial charge < -0.3 is 9.64 Å². The molecule has 2 aromatic heterocycles. The van der Waals surface area contributed by atoms with E-state index >= 15 is 0 Å². The molecular formula is C29H30N4O4S. The minimum absolute atomic E-state index is 0.0455. The van der Waals surface area contributed by atoms with Gasteiger partial charge in [-0.3, -0.25) is 19.7 Å². The molecular weight excluding hydrogens is 500 g/mol. The molecule has 0 spiro atoms. The first-order valence-corrected chi connectivity index (χ1v) is 14.2. The third-order valence-electron chi connectivity index (χ3n) is 6.97. The molecule has 0 N–H and O–H groups in total. The Morgan fingerprint density at radius 3 is 2.45 bits per heavy atom. The highest BCUT2D eigenvalue weighted by Crippen LogP contribution is 2.26. The molecule has 196 valence electrons. The van der Waals surface area contributed by atoms with E-state index in [2.05, 4.69) is 14.9 Å². The zero-order valence-corrected chi connectivity index (χ0v) is 22.3. The number of hydrogen-bond donors (Lipinski definition) is 0. The van der Waals surface area contributed by atoms with Crippen molar-refractivity contribution in [2.24, 2.45) is 0 Å². The summed E-state index contributed by atoms with van der Waals surface area (Å²) in [5, 5.41) is 0.783. The second-order valence-electron chi connectivity index (χ2n) is 9.45. The van der Waals surface area contributed by atoms with Crippen LogP contribution in [0.4, 0.5) is 0 Å². The van der Waals surface area contributed by atoms with Gasteiger partial charge in [-0.05, 0) is 54.4 Å². The minimum Gasteiger partial charge on any atom is -0.495 e. The minimum atomic E-state index is -3.63. The monoisotopic (exact) mass is 530 g/mol. The highest BCUT2D eigenvalue weighted by Gasteiger charge is 2.25. The van der Waals surface area contributed by atoms with Crippen molar-refractivity contribution in [3.63, 3.8) is 0 Å². The molecule has 0 bridgehead atoms. The average Bonchev–Trinajstić information content (AvgIpc) is 2.94. The number of benzene rings is 2. The maximum atomic E-state index is 13.3. The van der Waals surface area contributed by atoms with E-state index in [1.54, 1.807) is 55.9 Å². The van der Waals surface area contributed by atoms with E-state index in [4.69, 9.17) is 4.74 Å². The number of pyridine rings is 2. The lowest BCUT2D eigenvalue weighted by Gasteiger charge is -2.34. The Labute approximate surface area is 222 Å². The van der Waals surface area contributed by atoms with Crippen LogP contribution in [0, 0.1) is 6.92 Å². The van der Waals surface area contributed by atoms with Crippen molar-refractivity contribution in [1.82, 2.24) is 19.8 Å². The van der Waals surface area contributed by atoms with Crippen LogP contribution in [0.2, 0.25) is 0 Å². The molecule has 0 radical (unpaired) electrons. The molecule has 1 saturated heterocycles. The van der Waals surface area contributed by atoms with Gasteiger partial charge >= 0.3 is 0 Å². The van der Waals surface area contributed by atoms with E-state index in [1.165, 1.54) is 0 Å². The average molecular weight is 531 g/mol. The van der Waals surface area contributed by atoms with Crippen LogP contribution in [0.3, 0.4) is 0 Å². The third kappa shape index (κ3) is 5.39. The molecule has 1 fully saturated rings. The Kier molecular flexibility index (Phi) is 7.40. The number of nitrogens with zero attached hydrogens (tertiary/aromatic N) is 4. The van der Waals surface area contributed by atoms with Crippen molar-refractivity contribution in [2.75, 3.05) is 33.3 Å². The lowest BCUT2D eigenvalue weighted by atomic mass is 10.1. The molecule has 3 heterocycles. The molecule has 4 aromatic rings. The molecule has 0 aliphatic carbocycles. The molecule has 9 heteroatoms. The largest absolute Gasteiger partial charge is 0.495 e. The standard InChI is InChI=1S/C29H30N4O4S/c1-21-18-23(29(34)33-16-14-32(15-17-33)19-25-26(37-2)8-5-12-30-25)10-11-24(21)20-38(35,36)27-9-3-6-22-7-4-13-31-28(22)27/h3-13,18H,14-17,19-20H2,1-2H3. The number of sulfone groups is 1. The van der Waals surface area contributed by atoms with Crippen LogP contribution in [-0.2, 0) is 22.1 Å². The SMILES string of the molecule is COc1cccnc1CN1CCN(C(=O)c2ccc(CS(=O)(=O)c3cccc4cccnc34)c(C)c2)CC1. The van der Waals surface area contributed by atoms with Crippen molar-refractivity contribution in [3.05, 3.63) is 95.4 Å². The van der Waals surface area contributed by atoms with Crippen LogP contribution in [0.1, 0.15) is 27.2 Å². The number of hydrogen-bond acceptors (Lipinski definition) is 7. The third-order valence-corrected chi connectivity index (χ3v) is 8.66. The first-order valence-electron chi connectivity index (χ1n) is 12.5. The quantitative estimate of drug-likeness (QED) is 0.358. The van der Waals surface area contributed by atoms with Crippen molar-refractivity contribution < 1.29 is 17.9 Å². The van der Waals surface area contributed by atoms with E-state index in [0.717, 1.165) is 35.5 Å². The van der Waals surface area contributed by atoms with Crippen LogP contribution in [0.15, 0.2) is 78.0 Å². The molecule has 1 aliphatic heterocycles. The van der Waals surface area contributed by atoms with Gasteiger partial charge in [0.05, 0.1) is 29.0 Å². The fraction of sp³-hybridized carbons (Fsp3) is 0.276. The topological polar surface area (TPSA) is 92.7 Å². The van der Waals surface area contributed by atoms with Crippen LogP contribution in [0.5, 0.6) is 5.75 Å². The molecule has 0 unspecified atom stereocenters. The summed E-state index contributed by atoms with van der Waals surface area (Å²) >= 11 is 0. The second kappa shape index (κ2) is 10.9. The molecule has 1 aliphatic rings. The summed E-state index contributed by atoms with van der Waals surface area (Å²) in [6, 6.07) is 17.8. The molecule has 1 amide bonds. The highest BCUT2D eigenvalue weighted by molar-refractivity contribution is 7.90. The van der Waals surface area contributed by atoms with Gasteiger partial charge in [0.2, 0.25) is 0 Å². The van der Waals surface area contributed by atoms with E-state index in [-0.39, 0.29) is 16.6 Å². The fourth-order valence-electron chi connectivity index (χ4n) is 4.83. The Morgan fingerprint density at radius 1 is 0.947 bits per heavy atom. The van der Waals surface area contributed by atoms with Crippen LogP contribution in [0.25, 0.3) is 10.9 Å². The number of rotatable bonds is 7. The summed E-state index contributed by atoms with van der Waals surface area (Å²) in [7, 11) is -1.99. The summed E-state index contributed by atoms with van der Waals surface area (Å²) < 4.78 is 32.0. The van der Waals surface area contributed by atoms with Crippen molar-refractivity contribution in [2.45, 2.75) is 24.1 Å². The molecule has 0 atom stereocenters. The predicted octanol–water partition coefficient (Wildman–Crippen LogP) is 3.88. The van der Waals surface area contributed by atoms with Crippen molar-refractivity contribution in [1.29, 1.82) is 0 Å². The fourth-order valence-corrected chi connectivity index (χ4v) is 6.47. The number of fused-ring (bicyclic) bond motifs is 1. The molecule has 38 heavy (non-hydrogen) atoms. The number of methoxy groups -OCH3 is 1. The Balaban J connectivity index is 1.25. The Hall–Kier alpha value is -3.82. The van der Waals surface area contributed by atoms with Crippen LogP contribution >= 0.6 is 0 Å². The van der Waals surface area contributed by atoms with Crippen LogP contribution < -0.4 is 4.74 Å². The zero-order valence-electron chi connectivity index (χ0n) is 21.5. The number of carbonyl (C=O) groups excluding carboxylic acids is 1. The highest BCUT2D eigenvalue weighted by atomic mass is 32.2. The summed E-state index contributed by atoms with van der Waals surface area (Å²) in [5.41, 5.74) is 3.36. The van der Waals surface area contributed by atoms with Crippen LogP contribution in [-0.4, -0.2) is 67.4 Å². The number of carbonyl (C=O) groups is 1. The zero-order chi connectivity index (χ0) is 26.7. The van der Waals surface area contributed by atoms with Gasteiger partial charge in [0.25, 0.3) is 5.91 Å². The van der Waals surface area contributed by atoms with Gasteiger partial charge in [0.1, 0.15) is 5.75 Å². The van der Waals surface area contributed by atoms with Gasteiger partial charge in [-0.1, -0.05) is 24.3 Å². The molecule has 8 nitrogen and oxygen atoms in total. The lowest BCUT2D eigenvalue weighted by Crippen LogP contribution is -2.48. The van der Waals surface area contributed by atoms with Gasteiger partial charge in [0.15, 0.2) is 9.84 Å². The number of amides is 1. The van der Waals surface area contributed by atoms with Crippen molar-refractivity contribution in [3.8, 4) is 5.75 Å². The maximum absolute atomic E-state index is 13.3. The molecule has 2 aromatic carbocycles. The Bertz CT molecular complexity index is 1580. The van der Waals surface area contributed by atoms with E-state index in [9.17, 15) is 13.2 Å². The number of ether oxygens (including phenoxy) is 1. The summed E-state index contributed by atoms with van der Waals surface area (Å²) in [4.78, 5) is 26.3. The number of aryl methyl sites for hydroxylation is 1. The van der Waals surface area contributed by atoms with E-state index < -0.39 is 9.84 Å². The van der Waals surface area contributed by atoms with Gasteiger partial charge in [-0.15, -0.1) is 0 Å². The Morgan fingerprint density at radius 2 is 1.68 bits per heavy atom. The summed E-state index contributed by atoms with van der Waals surface area (Å²) in [6.07, 6.45) is 3.36. The lowest BCUT2D eigenvalue weighted by molar-refractivity contribution is 0.0625. The van der Waals surface area contributed by atoms with Gasteiger partial charge in [-0.25, -0.2) is 8.42 Å². The normalized spacial score (nSPS) is 14.5. The smallest absolute Gasteiger partial charge is 0.253 e. The number of aromatic nitrogens is 2. The predicted molar refractivity (Wildman–Crippen MR) is 146 cm³/mol. The van der Waals surface area contributed by atoms with Gasteiger partial charge in [-0.2, -0.15) is 0 Å². The first-order chi connectivity index (χ1) is 18.4. The van der Waals surface area contributed by atoms with E-state index in [1.807, 2.05) is 36.1 Å². The summed E-state index contributed by atoms with van der Waals surface area (Å²) in [5.74, 6) is 0.565. The molecule has 5 rings (SSSR count). The number of para-hydroxylation sites is 1. The second-order valence-corrected chi connectivity index (χ2v) is 11.4. The van der Waals surface area contributed by atoms with E-state index in [0.29, 0.717) is 36.3 Å². The summed E-state index contributed by atoms with van der Waals surface area (Å²) in [6.45, 7) is 5.20. The van der Waals surface area contributed by atoms with Crippen molar-refractivity contribution >= 4 is 26.6 Å². The maximum Gasteiger partial charge on any atom is 0.253 e. The first kappa shape index (κ1) is 25.8. The number of piperazine rings is 1. The van der Waals surface area contributed by atoms with Gasteiger partial charge in [0, 0.05) is 56.1 Å². The molecule has 0 saturated carbocycles.